The van der Waals surface area contributed by atoms with Gasteiger partial charge in [0.1, 0.15) is 6.54 Å². The molecule has 0 saturated heterocycles. The van der Waals surface area contributed by atoms with Gasteiger partial charge in [-0.05, 0) is 23.4 Å². The Labute approximate surface area is 116 Å². The summed E-state index contributed by atoms with van der Waals surface area (Å²) in [5.74, 6) is -0.543. The molecule has 7 heteroatoms. The second-order valence-electron chi connectivity index (χ2n) is 3.66. The molecule has 0 aliphatic heterocycles. The van der Waals surface area contributed by atoms with E-state index in [9.17, 15) is 18.0 Å². The molecule has 1 rings (SSSR count). The molecule has 0 spiro atoms. The Hall–Kier alpha value is -0.560. The molecule has 0 atom stereocenters. The summed E-state index contributed by atoms with van der Waals surface area (Å²) in [6, 6.07) is 1.78. The van der Waals surface area contributed by atoms with Gasteiger partial charge in [-0.3, -0.25) is 4.79 Å². The summed E-state index contributed by atoms with van der Waals surface area (Å²) in [6.45, 7) is 0.704. The van der Waals surface area contributed by atoms with Gasteiger partial charge in [0.2, 0.25) is 0 Å². The molecular weight excluding hydrogens is 331 g/mol. The largest absolute Gasteiger partial charge is 0.406 e. The van der Waals surface area contributed by atoms with Crippen molar-refractivity contribution in [3.05, 3.63) is 21.9 Å². The first-order valence-corrected chi connectivity index (χ1v) is 7.37. The number of carbonyl (C=O) groups is 1. The molecular formula is C11H13BrF3NOS. The van der Waals surface area contributed by atoms with Crippen LogP contribution in [0.3, 0.4) is 0 Å². The molecule has 0 aliphatic rings. The van der Waals surface area contributed by atoms with Crippen LogP contribution in [0, 0.1) is 0 Å². The number of thiophene rings is 1. The lowest BCUT2D eigenvalue weighted by molar-refractivity contribution is -0.140. The highest BCUT2D eigenvalue weighted by Gasteiger charge is 2.33. The number of amides is 1. The van der Waals surface area contributed by atoms with Gasteiger partial charge in [0.25, 0.3) is 5.91 Å². The van der Waals surface area contributed by atoms with Crippen molar-refractivity contribution in [2.24, 2.45) is 0 Å². The molecule has 1 heterocycles. The maximum atomic E-state index is 12.4. The number of aryl methyl sites for hydroxylation is 1. The first kappa shape index (κ1) is 15.5. The fourth-order valence-electron chi connectivity index (χ4n) is 1.52. The Balaban J connectivity index is 2.89. The predicted molar refractivity (Wildman–Crippen MR) is 69.4 cm³/mol. The smallest absolute Gasteiger partial charge is 0.328 e. The summed E-state index contributed by atoms with van der Waals surface area (Å²) in [5.41, 5.74) is 0.798. The van der Waals surface area contributed by atoms with Crippen molar-refractivity contribution in [1.29, 1.82) is 0 Å². The van der Waals surface area contributed by atoms with Crippen LogP contribution in [0.2, 0.25) is 0 Å². The third-order valence-corrected chi connectivity index (χ3v) is 3.63. The molecule has 0 N–H and O–H groups in total. The summed E-state index contributed by atoms with van der Waals surface area (Å²) in [6.07, 6.45) is -3.74. The van der Waals surface area contributed by atoms with Crippen LogP contribution in [0.25, 0.3) is 0 Å². The van der Waals surface area contributed by atoms with Gasteiger partial charge in [-0.2, -0.15) is 13.2 Å². The van der Waals surface area contributed by atoms with Crippen LogP contribution in [0.5, 0.6) is 0 Å². The van der Waals surface area contributed by atoms with Crippen molar-refractivity contribution < 1.29 is 18.0 Å². The number of carbonyl (C=O) groups excluding carboxylic acids is 1. The van der Waals surface area contributed by atoms with Gasteiger partial charge in [-0.25, -0.2) is 0 Å². The van der Waals surface area contributed by atoms with Gasteiger partial charge in [0, 0.05) is 11.9 Å². The summed E-state index contributed by atoms with van der Waals surface area (Å²) >= 11 is 4.26. The Bertz CT molecular complexity index is 405. The standard InChI is InChI=1S/C11H13BrF3NOS/c1-2-8-3-6-18-9(8)10(17)16(5-4-12)7-11(13,14)15/h3,6H,2,4-5,7H2,1H3. The molecule has 0 saturated carbocycles. The van der Waals surface area contributed by atoms with Gasteiger partial charge in [0.15, 0.2) is 0 Å². The molecule has 18 heavy (non-hydrogen) atoms. The zero-order valence-corrected chi connectivity index (χ0v) is 12.2. The normalized spacial score (nSPS) is 11.6. The second-order valence-corrected chi connectivity index (χ2v) is 5.37. The third-order valence-electron chi connectivity index (χ3n) is 2.33. The van der Waals surface area contributed by atoms with Crippen molar-refractivity contribution in [2.75, 3.05) is 18.4 Å². The van der Waals surface area contributed by atoms with Gasteiger partial charge in [0.05, 0.1) is 4.88 Å². The summed E-state index contributed by atoms with van der Waals surface area (Å²) < 4.78 is 37.2. The Morgan fingerprint density at radius 1 is 1.50 bits per heavy atom. The van der Waals surface area contributed by atoms with Crippen LogP contribution in [0.15, 0.2) is 11.4 Å². The van der Waals surface area contributed by atoms with Crippen LogP contribution in [-0.2, 0) is 6.42 Å². The molecule has 0 aromatic carbocycles. The van der Waals surface area contributed by atoms with Crippen molar-refractivity contribution in [3.63, 3.8) is 0 Å². The molecule has 0 bridgehead atoms. The highest BCUT2D eigenvalue weighted by Crippen LogP contribution is 2.23. The lowest BCUT2D eigenvalue weighted by Gasteiger charge is -2.23. The van der Waals surface area contributed by atoms with Gasteiger partial charge >= 0.3 is 6.18 Å². The quantitative estimate of drug-likeness (QED) is 0.746. The molecule has 0 fully saturated rings. The highest BCUT2D eigenvalue weighted by atomic mass is 79.9. The molecule has 0 aliphatic carbocycles. The Morgan fingerprint density at radius 2 is 2.17 bits per heavy atom. The third kappa shape index (κ3) is 4.28. The first-order chi connectivity index (χ1) is 8.39. The minimum absolute atomic E-state index is 0.0411. The molecule has 1 aromatic heterocycles. The van der Waals surface area contributed by atoms with Crippen molar-refractivity contribution in [1.82, 2.24) is 4.90 Å². The van der Waals surface area contributed by atoms with E-state index in [2.05, 4.69) is 15.9 Å². The average Bonchev–Trinajstić information content (AvgIpc) is 2.73. The number of nitrogens with zero attached hydrogens (tertiary/aromatic N) is 1. The lowest BCUT2D eigenvalue weighted by Crippen LogP contribution is -2.40. The molecule has 0 radical (unpaired) electrons. The van der Waals surface area contributed by atoms with E-state index in [1.807, 2.05) is 6.92 Å². The molecule has 2 nitrogen and oxygen atoms in total. The van der Waals surface area contributed by atoms with Crippen LogP contribution in [-0.4, -0.2) is 35.4 Å². The van der Waals surface area contributed by atoms with E-state index in [0.717, 1.165) is 10.5 Å². The summed E-state index contributed by atoms with van der Waals surface area (Å²) in [4.78, 5) is 13.3. The van der Waals surface area contributed by atoms with Gasteiger partial charge in [-0.15, -0.1) is 11.3 Å². The topological polar surface area (TPSA) is 20.3 Å². The molecule has 1 amide bonds. The van der Waals surface area contributed by atoms with Crippen LogP contribution < -0.4 is 0 Å². The van der Waals surface area contributed by atoms with Crippen LogP contribution in [0.4, 0.5) is 13.2 Å². The van der Waals surface area contributed by atoms with E-state index in [1.54, 1.807) is 11.4 Å². The molecule has 0 unspecified atom stereocenters. The number of rotatable bonds is 5. The number of hydrogen-bond acceptors (Lipinski definition) is 2. The number of alkyl halides is 4. The minimum atomic E-state index is -4.37. The Morgan fingerprint density at radius 3 is 2.67 bits per heavy atom. The monoisotopic (exact) mass is 343 g/mol. The van der Waals surface area contributed by atoms with Crippen molar-refractivity contribution in [2.45, 2.75) is 19.5 Å². The highest BCUT2D eigenvalue weighted by molar-refractivity contribution is 9.09. The zero-order valence-electron chi connectivity index (χ0n) is 9.76. The molecule has 1 aromatic rings. The van der Waals surface area contributed by atoms with Gasteiger partial charge in [-0.1, -0.05) is 22.9 Å². The fraction of sp³-hybridized carbons (Fsp3) is 0.545. The van der Waals surface area contributed by atoms with Crippen LogP contribution in [0.1, 0.15) is 22.2 Å². The van der Waals surface area contributed by atoms with E-state index in [1.165, 1.54) is 11.3 Å². The predicted octanol–water partition coefficient (Wildman–Crippen LogP) is 3.71. The maximum Gasteiger partial charge on any atom is 0.406 e. The van der Waals surface area contributed by atoms with E-state index in [-0.39, 0.29) is 6.54 Å². The van der Waals surface area contributed by atoms with E-state index in [0.29, 0.717) is 16.6 Å². The minimum Gasteiger partial charge on any atom is -0.328 e. The average molecular weight is 344 g/mol. The Kier molecular flexibility index (Phi) is 5.65. The lowest BCUT2D eigenvalue weighted by atomic mass is 10.2. The maximum absolute atomic E-state index is 12.4. The second kappa shape index (κ2) is 6.56. The first-order valence-electron chi connectivity index (χ1n) is 5.37. The molecule has 102 valence electrons. The van der Waals surface area contributed by atoms with E-state index >= 15 is 0 Å². The SMILES string of the molecule is CCc1ccsc1C(=O)N(CCBr)CC(F)(F)F. The van der Waals surface area contributed by atoms with Crippen LogP contribution >= 0.6 is 27.3 Å². The van der Waals surface area contributed by atoms with E-state index < -0.39 is 18.6 Å². The number of halogens is 4. The zero-order chi connectivity index (χ0) is 13.8. The van der Waals surface area contributed by atoms with Crippen molar-refractivity contribution in [3.8, 4) is 0 Å². The summed E-state index contributed by atoms with van der Waals surface area (Å²) in [7, 11) is 0. The van der Waals surface area contributed by atoms with Gasteiger partial charge < -0.3 is 4.90 Å². The number of hydrogen-bond donors (Lipinski definition) is 0. The summed E-state index contributed by atoms with van der Waals surface area (Å²) in [5, 5.41) is 2.05. The van der Waals surface area contributed by atoms with E-state index in [4.69, 9.17) is 0 Å². The fourth-order valence-corrected chi connectivity index (χ4v) is 2.91. The van der Waals surface area contributed by atoms with Crippen molar-refractivity contribution >= 4 is 33.2 Å².